The van der Waals surface area contributed by atoms with E-state index in [-0.39, 0.29) is 17.9 Å². The molecule has 3 aliphatic rings. The number of hydrogen-bond acceptors (Lipinski definition) is 6. The average Bonchev–Trinajstić information content (AvgIpc) is 3.44. The summed E-state index contributed by atoms with van der Waals surface area (Å²) < 4.78 is 13.3. The van der Waals surface area contributed by atoms with Gasteiger partial charge in [0.15, 0.2) is 5.82 Å². The zero-order valence-corrected chi connectivity index (χ0v) is 16.9. The zero-order chi connectivity index (χ0) is 20.8. The molecule has 0 spiro atoms. The smallest absolute Gasteiger partial charge is 0.257 e. The molecule has 0 bridgehead atoms. The van der Waals surface area contributed by atoms with Crippen LogP contribution in [0, 0.1) is 0 Å². The Labute approximate surface area is 174 Å². The fourth-order valence-corrected chi connectivity index (χ4v) is 4.64. The molecule has 3 aliphatic heterocycles. The number of imidazole rings is 1. The predicted octanol–water partition coefficient (Wildman–Crippen LogP) is 1.15. The Morgan fingerprint density at radius 3 is 2.90 bits per heavy atom. The van der Waals surface area contributed by atoms with Gasteiger partial charge in [0, 0.05) is 44.6 Å². The van der Waals surface area contributed by atoms with Crippen LogP contribution in [-0.4, -0.2) is 60.3 Å². The van der Waals surface area contributed by atoms with Crippen LogP contribution in [0.2, 0.25) is 0 Å². The quantitative estimate of drug-likeness (QED) is 0.810. The Balaban J connectivity index is 1.48. The minimum Gasteiger partial charge on any atom is -0.491 e. The van der Waals surface area contributed by atoms with Gasteiger partial charge in [0.25, 0.3) is 5.91 Å². The first kappa shape index (κ1) is 18.9. The lowest BCUT2D eigenvalue weighted by Crippen LogP contribution is -2.40. The van der Waals surface area contributed by atoms with Gasteiger partial charge in [0.05, 0.1) is 12.1 Å². The van der Waals surface area contributed by atoms with Crippen molar-refractivity contribution in [2.45, 2.75) is 38.0 Å². The van der Waals surface area contributed by atoms with Crippen molar-refractivity contribution in [1.82, 2.24) is 9.55 Å². The molecule has 2 saturated heterocycles. The average molecular weight is 411 g/mol. The fourth-order valence-electron chi connectivity index (χ4n) is 4.64. The highest BCUT2D eigenvalue weighted by atomic mass is 16.5. The molecule has 0 saturated carbocycles. The van der Waals surface area contributed by atoms with Crippen molar-refractivity contribution in [2.75, 3.05) is 36.6 Å². The Hall–Kier alpha value is -3.07. The van der Waals surface area contributed by atoms with Gasteiger partial charge in [-0.15, -0.1) is 0 Å². The number of amides is 2. The zero-order valence-electron chi connectivity index (χ0n) is 16.9. The van der Waals surface area contributed by atoms with Gasteiger partial charge in [-0.3, -0.25) is 14.5 Å². The molecule has 9 heteroatoms. The van der Waals surface area contributed by atoms with Crippen LogP contribution in [-0.2, 0) is 20.9 Å². The number of carbonyl (C=O) groups is 2. The van der Waals surface area contributed by atoms with E-state index in [9.17, 15) is 9.59 Å². The topological polar surface area (TPSA) is 103 Å². The van der Waals surface area contributed by atoms with E-state index in [1.165, 1.54) is 0 Å². The molecule has 9 nitrogen and oxygen atoms in total. The number of aromatic nitrogens is 2. The molecule has 5 rings (SSSR count). The van der Waals surface area contributed by atoms with Crippen LogP contribution in [0.4, 0.5) is 11.5 Å². The monoisotopic (exact) mass is 411 g/mol. The number of rotatable bonds is 4. The number of benzene rings is 1. The Kier molecular flexibility index (Phi) is 4.62. The fraction of sp³-hybridized carbons (Fsp3) is 0.476. The molecule has 1 aromatic heterocycles. The van der Waals surface area contributed by atoms with E-state index in [0.717, 1.165) is 42.2 Å². The van der Waals surface area contributed by atoms with Crippen LogP contribution in [0.1, 0.15) is 19.3 Å². The number of fused-ring (bicyclic) bond motifs is 3. The SMILES string of the molecule is CO[C@H]1CCN(c2cn3c(n2)-c2ccc(N4CCC[C@H]4C(N)=O)cc2OCC3)C1=O. The molecule has 30 heavy (non-hydrogen) atoms. The first-order valence-electron chi connectivity index (χ1n) is 10.3. The molecule has 0 radical (unpaired) electrons. The van der Waals surface area contributed by atoms with Crippen molar-refractivity contribution < 1.29 is 19.1 Å². The summed E-state index contributed by atoms with van der Waals surface area (Å²) >= 11 is 0. The molecule has 0 aliphatic carbocycles. The van der Waals surface area contributed by atoms with Crippen LogP contribution in [0.25, 0.3) is 11.4 Å². The summed E-state index contributed by atoms with van der Waals surface area (Å²) in [6.45, 7) is 2.52. The number of methoxy groups -OCH3 is 1. The summed E-state index contributed by atoms with van der Waals surface area (Å²) in [6.07, 6.45) is 3.88. The number of nitrogens with two attached hydrogens (primary N) is 1. The second kappa shape index (κ2) is 7.32. The normalized spacial score (nSPS) is 23.2. The van der Waals surface area contributed by atoms with E-state index >= 15 is 0 Å². The van der Waals surface area contributed by atoms with E-state index in [0.29, 0.717) is 31.9 Å². The van der Waals surface area contributed by atoms with Crippen LogP contribution in [0.15, 0.2) is 24.4 Å². The van der Waals surface area contributed by atoms with Crippen molar-refractivity contribution in [3.63, 3.8) is 0 Å². The number of ether oxygens (including phenoxy) is 2. The number of anilines is 2. The van der Waals surface area contributed by atoms with Crippen LogP contribution in [0.3, 0.4) is 0 Å². The van der Waals surface area contributed by atoms with E-state index in [1.807, 2.05) is 33.9 Å². The number of primary amides is 1. The minimum atomic E-state index is -0.400. The van der Waals surface area contributed by atoms with Gasteiger partial charge >= 0.3 is 0 Å². The first-order valence-corrected chi connectivity index (χ1v) is 10.3. The highest BCUT2D eigenvalue weighted by Gasteiger charge is 2.35. The standard InChI is InChI=1S/C21H25N5O4/c1-29-16-6-8-26(21(16)28)18-12-24-9-10-30-17-11-13(4-5-14(17)20(24)23-18)25-7-2-3-15(25)19(22)27/h4-5,11-12,15-16H,2-3,6-10H2,1H3,(H2,22,27)/t15-,16-/m0/s1. The molecule has 4 heterocycles. The predicted molar refractivity (Wildman–Crippen MR) is 110 cm³/mol. The van der Waals surface area contributed by atoms with E-state index < -0.39 is 6.10 Å². The molecule has 158 valence electrons. The molecule has 2 atom stereocenters. The molecule has 0 unspecified atom stereocenters. The maximum atomic E-state index is 12.5. The molecular weight excluding hydrogens is 386 g/mol. The Bertz CT molecular complexity index is 1000. The summed E-state index contributed by atoms with van der Waals surface area (Å²) in [5.74, 6) is 1.78. The number of hydrogen-bond donors (Lipinski definition) is 1. The van der Waals surface area contributed by atoms with Crippen molar-refractivity contribution in [2.24, 2.45) is 5.73 Å². The largest absolute Gasteiger partial charge is 0.491 e. The van der Waals surface area contributed by atoms with E-state index in [2.05, 4.69) is 0 Å². The molecule has 2 N–H and O–H groups in total. The van der Waals surface area contributed by atoms with Crippen LogP contribution < -0.4 is 20.3 Å². The highest BCUT2D eigenvalue weighted by Crippen LogP contribution is 2.38. The van der Waals surface area contributed by atoms with E-state index in [4.69, 9.17) is 20.2 Å². The third kappa shape index (κ3) is 3.00. The number of carbonyl (C=O) groups excluding carboxylic acids is 2. The lowest BCUT2D eigenvalue weighted by Gasteiger charge is -2.25. The van der Waals surface area contributed by atoms with Gasteiger partial charge in [-0.1, -0.05) is 0 Å². The van der Waals surface area contributed by atoms with Crippen LogP contribution >= 0.6 is 0 Å². The minimum absolute atomic E-state index is 0.0518. The molecule has 2 fully saturated rings. The second-order valence-corrected chi connectivity index (χ2v) is 7.90. The third-order valence-electron chi connectivity index (χ3n) is 6.19. The summed E-state index contributed by atoms with van der Waals surface area (Å²) in [5, 5.41) is 0. The molecule has 2 amide bonds. The highest BCUT2D eigenvalue weighted by molar-refractivity contribution is 5.98. The summed E-state index contributed by atoms with van der Waals surface area (Å²) in [4.78, 5) is 32.8. The van der Waals surface area contributed by atoms with Gasteiger partial charge in [-0.2, -0.15) is 0 Å². The number of nitrogens with zero attached hydrogens (tertiary/aromatic N) is 4. The van der Waals surface area contributed by atoms with Crippen molar-refractivity contribution in [1.29, 1.82) is 0 Å². The first-order chi connectivity index (χ1) is 14.6. The molecule has 1 aromatic carbocycles. The Morgan fingerprint density at radius 2 is 2.13 bits per heavy atom. The van der Waals surface area contributed by atoms with Gasteiger partial charge in [-0.25, -0.2) is 4.98 Å². The third-order valence-corrected chi connectivity index (χ3v) is 6.19. The van der Waals surface area contributed by atoms with Crippen molar-refractivity contribution >= 4 is 23.3 Å². The van der Waals surface area contributed by atoms with Gasteiger partial charge < -0.3 is 24.7 Å². The molecular formula is C21H25N5O4. The second-order valence-electron chi connectivity index (χ2n) is 7.90. The summed E-state index contributed by atoms with van der Waals surface area (Å²) in [7, 11) is 1.56. The summed E-state index contributed by atoms with van der Waals surface area (Å²) in [6, 6.07) is 5.63. The lowest BCUT2D eigenvalue weighted by atomic mass is 10.1. The Morgan fingerprint density at radius 1 is 1.27 bits per heavy atom. The maximum absolute atomic E-state index is 12.5. The van der Waals surface area contributed by atoms with Gasteiger partial charge in [0.1, 0.15) is 30.3 Å². The molecule has 2 aromatic rings. The van der Waals surface area contributed by atoms with Crippen molar-refractivity contribution in [3.05, 3.63) is 24.4 Å². The van der Waals surface area contributed by atoms with Gasteiger partial charge in [0.2, 0.25) is 5.91 Å². The van der Waals surface area contributed by atoms with Crippen LogP contribution in [0.5, 0.6) is 5.75 Å². The van der Waals surface area contributed by atoms with E-state index in [1.54, 1.807) is 12.0 Å². The van der Waals surface area contributed by atoms with Gasteiger partial charge in [-0.05, 0) is 25.0 Å². The summed E-state index contributed by atoms with van der Waals surface area (Å²) in [5.41, 5.74) is 7.37. The lowest BCUT2D eigenvalue weighted by molar-refractivity contribution is -0.125. The maximum Gasteiger partial charge on any atom is 0.257 e. The van der Waals surface area contributed by atoms with Crippen molar-refractivity contribution in [3.8, 4) is 17.1 Å².